The molecule has 1 saturated heterocycles. The summed E-state index contributed by atoms with van der Waals surface area (Å²) < 4.78 is 5.33. The van der Waals surface area contributed by atoms with Crippen LogP contribution in [0.3, 0.4) is 0 Å². The fourth-order valence-electron chi connectivity index (χ4n) is 2.42. The van der Waals surface area contributed by atoms with E-state index in [0.717, 1.165) is 0 Å². The molecular weight excluding hydrogens is 308 g/mol. The number of anilines is 1. The summed E-state index contributed by atoms with van der Waals surface area (Å²) in [7, 11) is 0. The molecular formula is C15H19ClN2O4. The van der Waals surface area contributed by atoms with Crippen molar-refractivity contribution in [2.45, 2.75) is 19.8 Å². The molecule has 0 radical (unpaired) electrons. The summed E-state index contributed by atoms with van der Waals surface area (Å²) in [5.74, 6) is -0.795. The number of rotatable bonds is 4. The molecule has 22 heavy (non-hydrogen) atoms. The van der Waals surface area contributed by atoms with E-state index in [1.165, 1.54) is 4.90 Å². The van der Waals surface area contributed by atoms with Crippen molar-refractivity contribution in [3.8, 4) is 5.75 Å². The normalized spacial score (nSPS) is 17.9. The molecule has 2 N–H and O–H groups in total. The van der Waals surface area contributed by atoms with Crippen molar-refractivity contribution in [1.82, 2.24) is 4.90 Å². The molecule has 1 aliphatic rings. The number of ether oxygens (including phenoxy) is 1. The maximum absolute atomic E-state index is 12.2. The Kier molecular flexibility index (Phi) is 5.49. The van der Waals surface area contributed by atoms with Gasteiger partial charge in [-0.1, -0.05) is 11.6 Å². The minimum Gasteiger partial charge on any atom is -0.492 e. The van der Waals surface area contributed by atoms with Crippen LogP contribution in [0.25, 0.3) is 0 Å². The Bertz CT molecular complexity index is 564. The standard InChI is InChI=1S/C15H19ClN2O4/c1-2-22-13-6-5-11(8-12(13)16)17-15(21)18-7-3-4-10(9-18)14(19)20/h5-6,8,10H,2-4,7,9H2,1H3,(H,17,21)(H,19,20). The number of carboxylic acids is 1. The SMILES string of the molecule is CCOc1ccc(NC(=O)N2CCCC(C(=O)O)C2)cc1Cl. The van der Waals surface area contributed by atoms with Crippen molar-refractivity contribution in [3.05, 3.63) is 23.2 Å². The molecule has 0 saturated carbocycles. The van der Waals surface area contributed by atoms with Crippen LogP contribution in [0.5, 0.6) is 5.75 Å². The second-order valence-electron chi connectivity index (χ2n) is 5.13. The van der Waals surface area contributed by atoms with Crippen molar-refractivity contribution < 1.29 is 19.4 Å². The highest BCUT2D eigenvalue weighted by Gasteiger charge is 2.28. The molecule has 2 amide bonds. The highest BCUT2D eigenvalue weighted by atomic mass is 35.5. The monoisotopic (exact) mass is 326 g/mol. The maximum atomic E-state index is 12.2. The minimum absolute atomic E-state index is 0.228. The van der Waals surface area contributed by atoms with E-state index in [9.17, 15) is 9.59 Å². The highest BCUT2D eigenvalue weighted by Crippen LogP contribution is 2.28. The molecule has 1 aromatic rings. The first-order valence-corrected chi connectivity index (χ1v) is 7.60. The first-order valence-electron chi connectivity index (χ1n) is 7.22. The van der Waals surface area contributed by atoms with Crippen molar-refractivity contribution in [3.63, 3.8) is 0 Å². The maximum Gasteiger partial charge on any atom is 0.321 e. The number of nitrogens with one attached hydrogen (secondary N) is 1. The number of hydrogen-bond donors (Lipinski definition) is 2. The summed E-state index contributed by atoms with van der Waals surface area (Å²) in [5.41, 5.74) is 0.552. The number of benzene rings is 1. The Hall–Kier alpha value is -1.95. The van der Waals surface area contributed by atoms with Gasteiger partial charge in [0.25, 0.3) is 0 Å². The third-order valence-electron chi connectivity index (χ3n) is 3.54. The number of carbonyl (C=O) groups is 2. The largest absolute Gasteiger partial charge is 0.492 e. The van der Waals surface area contributed by atoms with Crippen molar-refractivity contribution in [2.24, 2.45) is 5.92 Å². The summed E-state index contributed by atoms with van der Waals surface area (Å²) in [4.78, 5) is 24.8. The summed E-state index contributed by atoms with van der Waals surface area (Å²) in [6.45, 7) is 3.16. The zero-order valence-corrected chi connectivity index (χ0v) is 13.1. The smallest absolute Gasteiger partial charge is 0.321 e. The number of amides is 2. The zero-order chi connectivity index (χ0) is 16.1. The van der Waals surface area contributed by atoms with E-state index in [0.29, 0.717) is 42.5 Å². The van der Waals surface area contributed by atoms with Gasteiger partial charge in [0.2, 0.25) is 0 Å². The van der Waals surface area contributed by atoms with Crippen LogP contribution in [0.2, 0.25) is 5.02 Å². The fourth-order valence-corrected chi connectivity index (χ4v) is 2.65. The van der Waals surface area contributed by atoms with E-state index < -0.39 is 11.9 Å². The Morgan fingerprint density at radius 1 is 1.50 bits per heavy atom. The Morgan fingerprint density at radius 3 is 2.91 bits per heavy atom. The van der Waals surface area contributed by atoms with E-state index in [-0.39, 0.29) is 12.6 Å². The van der Waals surface area contributed by atoms with Gasteiger partial charge in [0.05, 0.1) is 17.5 Å². The summed E-state index contributed by atoms with van der Waals surface area (Å²) in [6.07, 6.45) is 1.29. The first kappa shape index (κ1) is 16.4. The van der Waals surface area contributed by atoms with Crippen molar-refractivity contribution in [2.75, 3.05) is 25.0 Å². The molecule has 0 aromatic heterocycles. The predicted molar refractivity (Wildman–Crippen MR) is 83.6 cm³/mol. The molecule has 7 heteroatoms. The van der Waals surface area contributed by atoms with Gasteiger partial charge in [0.15, 0.2) is 0 Å². The van der Waals surface area contributed by atoms with Crippen molar-refractivity contribution in [1.29, 1.82) is 0 Å². The van der Waals surface area contributed by atoms with Crippen LogP contribution < -0.4 is 10.1 Å². The number of halogens is 1. The van der Waals surface area contributed by atoms with E-state index in [2.05, 4.69) is 5.32 Å². The van der Waals surface area contributed by atoms with E-state index in [1.54, 1.807) is 18.2 Å². The summed E-state index contributed by atoms with van der Waals surface area (Å²) >= 11 is 6.07. The first-order chi connectivity index (χ1) is 10.5. The number of urea groups is 1. The van der Waals surface area contributed by atoms with Gasteiger partial charge in [0, 0.05) is 18.8 Å². The second kappa shape index (κ2) is 7.35. The van der Waals surface area contributed by atoms with Crippen LogP contribution in [0, 0.1) is 5.92 Å². The molecule has 0 bridgehead atoms. The number of carbonyl (C=O) groups excluding carboxylic acids is 1. The molecule has 6 nitrogen and oxygen atoms in total. The lowest BCUT2D eigenvalue weighted by molar-refractivity contribution is -0.143. The third kappa shape index (κ3) is 4.04. The van der Waals surface area contributed by atoms with Gasteiger partial charge in [-0.3, -0.25) is 4.79 Å². The molecule has 0 aliphatic carbocycles. The van der Waals surface area contributed by atoms with Crippen LogP contribution in [0.1, 0.15) is 19.8 Å². The summed E-state index contributed by atoms with van der Waals surface area (Å²) in [5, 5.41) is 12.2. The molecule has 0 spiro atoms. The van der Waals surface area contributed by atoms with Crippen LogP contribution in [0.4, 0.5) is 10.5 Å². The van der Waals surface area contributed by atoms with Gasteiger partial charge in [-0.15, -0.1) is 0 Å². The lowest BCUT2D eigenvalue weighted by Gasteiger charge is -2.30. The zero-order valence-electron chi connectivity index (χ0n) is 12.3. The Morgan fingerprint density at radius 2 is 2.27 bits per heavy atom. The molecule has 1 aliphatic heterocycles. The second-order valence-corrected chi connectivity index (χ2v) is 5.54. The van der Waals surface area contributed by atoms with Gasteiger partial charge >= 0.3 is 12.0 Å². The number of nitrogens with zero attached hydrogens (tertiary/aromatic N) is 1. The fraction of sp³-hybridized carbons (Fsp3) is 0.467. The van der Waals surface area contributed by atoms with E-state index in [4.69, 9.17) is 21.4 Å². The summed E-state index contributed by atoms with van der Waals surface area (Å²) in [6, 6.07) is 4.69. The van der Waals surface area contributed by atoms with Crippen LogP contribution >= 0.6 is 11.6 Å². The molecule has 1 unspecified atom stereocenters. The molecule has 120 valence electrons. The lowest BCUT2D eigenvalue weighted by Crippen LogP contribution is -2.44. The van der Waals surface area contributed by atoms with Gasteiger partial charge in [-0.2, -0.15) is 0 Å². The third-order valence-corrected chi connectivity index (χ3v) is 3.84. The van der Waals surface area contributed by atoms with Crippen LogP contribution in [0.15, 0.2) is 18.2 Å². The average Bonchev–Trinajstić information content (AvgIpc) is 2.50. The van der Waals surface area contributed by atoms with Gasteiger partial charge in [-0.25, -0.2) is 4.79 Å². The van der Waals surface area contributed by atoms with E-state index in [1.807, 2.05) is 6.92 Å². The van der Waals surface area contributed by atoms with Crippen LogP contribution in [-0.4, -0.2) is 41.7 Å². The Balaban J connectivity index is 1.99. The number of likely N-dealkylation sites (tertiary alicyclic amines) is 1. The molecule has 1 aromatic carbocycles. The minimum atomic E-state index is -0.860. The topological polar surface area (TPSA) is 78.9 Å². The molecule has 1 atom stereocenters. The Labute approximate surface area is 134 Å². The van der Waals surface area contributed by atoms with Crippen molar-refractivity contribution >= 4 is 29.3 Å². The number of aliphatic carboxylic acids is 1. The average molecular weight is 327 g/mol. The molecule has 2 rings (SSSR count). The van der Waals surface area contributed by atoms with Crippen LogP contribution in [-0.2, 0) is 4.79 Å². The predicted octanol–water partition coefficient (Wildman–Crippen LogP) is 3.07. The van der Waals surface area contributed by atoms with Gasteiger partial charge in [-0.05, 0) is 38.0 Å². The van der Waals surface area contributed by atoms with Gasteiger partial charge < -0.3 is 20.1 Å². The quantitative estimate of drug-likeness (QED) is 0.891. The molecule has 1 heterocycles. The molecule has 1 fully saturated rings. The number of carboxylic acid groups (broad SMARTS) is 1. The number of hydrogen-bond acceptors (Lipinski definition) is 3. The van der Waals surface area contributed by atoms with E-state index >= 15 is 0 Å². The number of piperidine rings is 1. The lowest BCUT2D eigenvalue weighted by atomic mass is 9.99. The van der Waals surface area contributed by atoms with Gasteiger partial charge in [0.1, 0.15) is 5.75 Å². The highest BCUT2D eigenvalue weighted by molar-refractivity contribution is 6.32.